The van der Waals surface area contributed by atoms with Gasteiger partial charge in [0, 0.05) is 6.04 Å². The predicted octanol–water partition coefficient (Wildman–Crippen LogP) is 6.42. The molecule has 0 aromatic carbocycles. The molecule has 0 amide bonds. The lowest BCUT2D eigenvalue weighted by Crippen LogP contribution is -2.43. The fourth-order valence-corrected chi connectivity index (χ4v) is 4.77. The van der Waals surface area contributed by atoms with Crippen LogP contribution in [0.3, 0.4) is 0 Å². The maximum absolute atomic E-state index is 2.86. The lowest BCUT2D eigenvalue weighted by atomic mass is 9.81. The van der Waals surface area contributed by atoms with Crippen LogP contribution in [0.4, 0.5) is 0 Å². The molecule has 0 bridgehead atoms. The molecule has 2 rings (SSSR count). The van der Waals surface area contributed by atoms with Gasteiger partial charge < -0.3 is 4.90 Å². The Kier molecular flexibility index (Phi) is 8.89. The summed E-state index contributed by atoms with van der Waals surface area (Å²) in [6, 6.07) is 0.944. The van der Waals surface area contributed by atoms with Gasteiger partial charge in [0.05, 0.1) is 0 Å². The smallest absolute Gasteiger partial charge is 0.00954 e. The fourth-order valence-electron chi connectivity index (χ4n) is 4.77. The average molecular weight is 308 g/mol. The number of piperidine rings is 1. The quantitative estimate of drug-likeness (QED) is 0.444. The average Bonchev–Trinajstić information content (AvgIpc) is 2.57. The highest BCUT2D eigenvalue weighted by atomic mass is 15.2. The van der Waals surface area contributed by atoms with Crippen molar-refractivity contribution in [1.29, 1.82) is 0 Å². The van der Waals surface area contributed by atoms with Crippen LogP contribution >= 0.6 is 0 Å². The summed E-state index contributed by atoms with van der Waals surface area (Å²) in [6.45, 7) is 7.45. The van der Waals surface area contributed by atoms with E-state index in [9.17, 15) is 0 Å². The van der Waals surface area contributed by atoms with Crippen LogP contribution in [-0.4, -0.2) is 24.0 Å². The molecule has 1 saturated carbocycles. The largest absolute Gasteiger partial charge is 0.300 e. The van der Waals surface area contributed by atoms with Crippen molar-refractivity contribution in [2.45, 2.75) is 110 Å². The second-order valence-corrected chi connectivity index (χ2v) is 8.15. The molecule has 2 fully saturated rings. The Morgan fingerprint density at radius 2 is 1.14 bits per heavy atom. The third-order valence-electron chi connectivity index (χ3n) is 6.41. The maximum Gasteiger partial charge on any atom is 0.00954 e. The summed E-state index contributed by atoms with van der Waals surface area (Å²) in [7, 11) is 0. The molecule has 2 aliphatic rings. The fraction of sp³-hybridized carbons (Fsp3) is 1.00. The lowest BCUT2D eigenvalue weighted by Gasteiger charge is -2.41. The van der Waals surface area contributed by atoms with Gasteiger partial charge in [-0.25, -0.2) is 0 Å². The molecule has 1 heteroatoms. The van der Waals surface area contributed by atoms with Crippen LogP contribution in [0.2, 0.25) is 0 Å². The number of likely N-dealkylation sites (tertiary alicyclic amines) is 1. The van der Waals surface area contributed by atoms with E-state index >= 15 is 0 Å². The Labute approximate surface area is 140 Å². The molecule has 0 aromatic rings. The second-order valence-electron chi connectivity index (χ2n) is 8.15. The molecular weight excluding hydrogens is 266 g/mol. The number of nitrogens with zero attached hydrogens (tertiary/aromatic N) is 1. The predicted molar refractivity (Wildman–Crippen MR) is 98.3 cm³/mol. The van der Waals surface area contributed by atoms with Gasteiger partial charge in [0.25, 0.3) is 0 Å². The van der Waals surface area contributed by atoms with Gasteiger partial charge in [0.2, 0.25) is 0 Å². The van der Waals surface area contributed by atoms with Gasteiger partial charge in [-0.2, -0.15) is 0 Å². The highest BCUT2D eigenvalue weighted by Crippen LogP contribution is 2.33. The minimum Gasteiger partial charge on any atom is -0.300 e. The van der Waals surface area contributed by atoms with Crippen LogP contribution in [0.25, 0.3) is 0 Å². The Morgan fingerprint density at radius 3 is 1.64 bits per heavy atom. The number of rotatable bonds is 9. The Morgan fingerprint density at radius 1 is 0.636 bits per heavy atom. The van der Waals surface area contributed by atoms with Crippen molar-refractivity contribution >= 4 is 0 Å². The molecule has 1 nitrogen and oxygen atoms in total. The van der Waals surface area contributed by atoms with Crippen LogP contribution in [0.5, 0.6) is 0 Å². The summed E-state index contributed by atoms with van der Waals surface area (Å²) in [5, 5.41) is 0. The molecule has 0 spiro atoms. The van der Waals surface area contributed by atoms with Crippen molar-refractivity contribution < 1.29 is 0 Å². The Hall–Kier alpha value is -0.0400. The van der Waals surface area contributed by atoms with E-state index in [-0.39, 0.29) is 0 Å². The summed E-state index contributed by atoms with van der Waals surface area (Å²) >= 11 is 0. The summed E-state index contributed by atoms with van der Waals surface area (Å²) in [6.07, 6.45) is 20.6. The molecule has 22 heavy (non-hydrogen) atoms. The van der Waals surface area contributed by atoms with Gasteiger partial charge in [-0.15, -0.1) is 0 Å². The van der Waals surface area contributed by atoms with E-state index in [0.29, 0.717) is 0 Å². The first kappa shape index (κ1) is 18.3. The van der Waals surface area contributed by atoms with E-state index < -0.39 is 0 Å². The minimum atomic E-state index is 0.944. The van der Waals surface area contributed by atoms with E-state index in [1.54, 1.807) is 0 Å². The van der Waals surface area contributed by atoms with Gasteiger partial charge in [0.1, 0.15) is 0 Å². The molecular formula is C21H41N. The monoisotopic (exact) mass is 307 g/mol. The van der Waals surface area contributed by atoms with Crippen molar-refractivity contribution in [2.75, 3.05) is 13.1 Å². The molecule has 1 heterocycles. The molecule has 0 aromatic heterocycles. The van der Waals surface area contributed by atoms with E-state index in [1.807, 2.05) is 0 Å². The highest BCUT2D eigenvalue weighted by Gasteiger charge is 2.28. The van der Waals surface area contributed by atoms with Crippen LogP contribution in [-0.2, 0) is 0 Å². The third-order valence-corrected chi connectivity index (χ3v) is 6.41. The zero-order chi connectivity index (χ0) is 15.6. The van der Waals surface area contributed by atoms with E-state index in [4.69, 9.17) is 0 Å². The van der Waals surface area contributed by atoms with Crippen molar-refractivity contribution in [3.63, 3.8) is 0 Å². The van der Waals surface area contributed by atoms with Gasteiger partial charge in [-0.05, 0) is 63.5 Å². The minimum absolute atomic E-state index is 0.944. The zero-order valence-corrected chi connectivity index (χ0v) is 15.5. The molecule has 1 aliphatic heterocycles. The van der Waals surface area contributed by atoms with Crippen LogP contribution in [0.15, 0.2) is 0 Å². The maximum atomic E-state index is 2.86. The summed E-state index contributed by atoms with van der Waals surface area (Å²) in [4.78, 5) is 2.86. The first-order valence-corrected chi connectivity index (χ1v) is 10.6. The summed E-state index contributed by atoms with van der Waals surface area (Å²) in [5.41, 5.74) is 0. The van der Waals surface area contributed by atoms with Crippen LogP contribution in [0.1, 0.15) is 104 Å². The number of unbranched alkanes of at least 4 members (excludes halogenated alkanes) is 4. The first-order valence-electron chi connectivity index (χ1n) is 10.6. The van der Waals surface area contributed by atoms with Crippen molar-refractivity contribution in [1.82, 2.24) is 4.90 Å². The van der Waals surface area contributed by atoms with Gasteiger partial charge in [-0.1, -0.05) is 65.2 Å². The molecule has 1 saturated heterocycles. The standard InChI is InChI=1S/C21H41N/c1-3-5-7-9-19-11-13-21(14-12-19)22-17-15-20(16-18-22)10-8-6-4-2/h19-21H,3-18H2,1-2H3. The van der Waals surface area contributed by atoms with Gasteiger partial charge in [0.15, 0.2) is 0 Å². The van der Waals surface area contributed by atoms with Crippen molar-refractivity contribution in [3.8, 4) is 0 Å². The second kappa shape index (κ2) is 10.7. The first-order chi connectivity index (χ1) is 10.8. The summed E-state index contributed by atoms with van der Waals surface area (Å²) < 4.78 is 0. The number of hydrogen-bond acceptors (Lipinski definition) is 1. The van der Waals surface area contributed by atoms with Gasteiger partial charge >= 0.3 is 0 Å². The molecule has 0 atom stereocenters. The van der Waals surface area contributed by atoms with E-state index in [1.165, 1.54) is 103 Å². The normalized spacial score (nSPS) is 28.1. The van der Waals surface area contributed by atoms with Crippen molar-refractivity contribution in [3.05, 3.63) is 0 Å². The van der Waals surface area contributed by atoms with Gasteiger partial charge in [-0.3, -0.25) is 0 Å². The van der Waals surface area contributed by atoms with E-state index in [2.05, 4.69) is 18.7 Å². The zero-order valence-electron chi connectivity index (χ0n) is 15.5. The number of hydrogen-bond donors (Lipinski definition) is 0. The molecule has 0 unspecified atom stereocenters. The highest BCUT2D eigenvalue weighted by molar-refractivity contribution is 4.83. The topological polar surface area (TPSA) is 3.24 Å². The van der Waals surface area contributed by atoms with Crippen LogP contribution < -0.4 is 0 Å². The van der Waals surface area contributed by atoms with Crippen molar-refractivity contribution in [2.24, 2.45) is 11.8 Å². The molecule has 1 aliphatic carbocycles. The van der Waals surface area contributed by atoms with Crippen LogP contribution in [0, 0.1) is 11.8 Å². The third kappa shape index (κ3) is 6.22. The Bertz CT molecular complexity index is 231. The summed E-state index contributed by atoms with van der Waals surface area (Å²) in [5.74, 6) is 2.11. The Balaban J connectivity index is 1.58. The van der Waals surface area contributed by atoms with E-state index in [0.717, 1.165) is 17.9 Å². The molecule has 0 radical (unpaired) electrons. The lowest BCUT2D eigenvalue weighted by molar-refractivity contribution is 0.0901. The molecule has 0 N–H and O–H groups in total. The molecule has 130 valence electrons. The SMILES string of the molecule is CCCCCC1CCC(N2CCC(CCCCC)CC2)CC1.